The smallest absolute Gasteiger partial charge is 0.114 e. The van der Waals surface area contributed by atoms with Crippen LogP contribution in [0.4, 0.5) is 0 Å². The molecule has 2 atom stereocenters. The van der Waals surface area contributed by atoms with Gasteiger partial charge in [0.05, 0.1) is 32.0 Å². The van der Waals surface area contributed by atoms with Gasteiger partial charge in [0.15, 0.2) is 0 Å². The Morgan fingerprint density at radius 3 is 2.20 bits per heavy atom. The maximum atomic E-state index is 6.18. The van der Waals surface area contributed by atoms with E-state index in [0.717, 1.165) is 11.0 Å². The summed E-state index contributed by atoms with van der Waals surface area (Å²) >= 11 is 13.3. The molecule has 0 radical (unpaired) electrons. The molecule has 0 heterocycles. The lowest BCUT2D eigenvalue weighted by molar-refractivity contribution is -0.889. The minimum Gasteiger partial charge on any atom is -1.00 e. The van der Waals surface area contributed by atoms with Crippen LogP contribution in [0.2, 0.25) is 0 Å². The molecule has 0 aliphatic heterocycles. The summed E-state index contributed by atoms with van der Waals surface area (Å²) in [7, 11) is 4.50. The number of alkyl halides is 3. The van der Waals surface area contributed by atoms with Crippen molar-refractivity contribution in [2.45, 2.75) is 35.3 Å². The average molecular weight is 430 g/mol. The highest BCUT2D eigenvalue weighted by molar-refractivity contribution is 9.13. The van der Waals surface area contributed by atoms with Crippen molar-refractivity contribution in [1.82, 2.24) is 0 Å². The minimum atomic E-state index is -0.352. The summed E-state index contributed by atoms with van der Waals surface area (Å²) in [5.74, 6) is 0. The van der Waals surface area contributed by atoms with Crippen molar-refractivity contribution in [1.29, 1.82) is 0 Å². The standard InChI is InChI=1S/C10H21Br2ClN.BrH/c1-5-6-7-14(3,4)8-9(11)10(2,12)13;/h9H,5-8H2,1-4H3;1H/q+1;/p-1. The molecule has 0 fully saturated rings. The van der Waals surface area contributed by atoms with Gasteiger partial charge in [-0.15, -0.1) is 11.6 Å². The van der Waals surface area contributed by atoms with Gasteiger partial charge < -0.3 is 21.5 Å². The van der Waals surface area contributed by atoms with Gasteiger partial charge in [0.1, 0.15) is 3.78 Å². The zero-order chi connectivity index (χ0) is 11.4. The van der Waals surface area contributed by atoms with Gasteiger partial charge in [-0.2, -0.15) is 0 Å². The van der Waals surface area contributed by atoms with Crippen LogP contribution in [0, 0.1) is 0 Å². The number of hydrogen-bond donors (Lipinski definition) is 0. The Kier molecular flexibility index (Phi) is 10.0. The lowest BCUT2D eigenvalue weighted by atomic mass is 10.2. The van der Waals surface area contributed by atoms with Crippen LogP contribution in [0.1, 0.15) is 26.7 Å². The number of rotatable bonds is 6. The second-order valence-corrected chi connectivity index (χ2v) is 8.61. The fraction of sp³-hybridized carbons (Fsp3) is 1.00. The van der Waals surface area contributed by atoms with E-state index in [1.165, 1.54) is 19.4 Å². The van der Waals surface area contributed by atoms with E-state index in [-0.39, 0.29) is 25.6 Å². The van der Waals surface area contributed by atoms with Crippen molar-refractivity contribution in [3.8, 4) is 0 Å². The quantitative estimate of drug-likeness (QED) is 0.436. The normalized spacial score (nSPS) is 17.8. The molecule has 0 amide bonds. The highest BCUT2D eigenvalue weighted by Gasteiger charge is 2.32. The first-order valence-corrected chi connectivity index (χ1v) is 7.11. The van der Waals surface area contributed by atoms with Crippen LogP contribution in [0.5, 0.6) is 0 Å². The van der Waals surface area contributed by atoms with Gasteiger partial charge in [-0.25, -0.2) is 0 Å². The number of quaternary nitrogens is 1. The summed E-state index contributed by atoms with van der Waals surface area (Å²) in [6, 6.07) is 0. The average Bonchev–Trinajstić information content (AvgIpc) is 1.98. The van der Waals surface area contributed by atoms with E-state index in [1.54, 1.807) is 0 Å². The summed E-state index contributed by atoms with van der Waals surface area (Å²) in [6.45, 7) is 6.44. The predicted octanol–water partition coefficient (Wildman–Crippen LogP) is 0.980. The number of hydrogen-bond acceptors (Lipinski definition) is 0. The van der Waals surface area contributed by atoms with Crippen molar-refractivity contribution >= 4 is 43.5 Å². The number of nitrogens with zero attached hydrogens (tertiary/aromatic N) is 1. The molecule has 5 heteroatoms. The molecule has 0 rings (SSSR count). The predicted molar refractivity (Wildman–Crippen MR) is 72.7 cm³/mol. The molecule has 0 bridgehead atoms. The molecule has 0 saturated carbocycles. The molecule has 2 unspecified atom stereocenters. The maximum Gasteiger partial charge on any atom is 0.114 e. The van der Waals surface area contributed by atoms with Crippen molar-refractivity contribution in [3.63, 3.8) is 0 Å². The fourth-order valence-corrected chi connectivity index (χ4v) is 2.27. The lowest BCUT2D eigenvalue weighted by Gasteiger charge is -2.34. The summed E-state index contributed by atoms with van der Waals surface area (Å²) < 4.78 is 0.659. The Morgan fingerprint density at radius 2 is 1.87 bits per heavy atom. The third-order valence-electron chi connectivity index (χ3n) is 2.32. The van der Waals surface area contributed by atoms with Gasteiger partial charge in [0.25, 0.3) is 0 Å². The summed E-state index contributed by atoms with van der Waals surface area (Å²) in [6.07, 6.45) is 2.52. The molecule has 0 aliphatic carbocycles. The van der Waals surface area contributed by atoms with Gasteiger partial charge in [-0.05, 0) is 13.3 Å². The Morgan fingerprint density at radius 1 is 1.40 bits per heavy atom. The van der Waals surface area contributed by atoms with Gasteiger partial charge in [-0.3, -0.25) is 0 Å². The largest absolute Gasteiger partial charge is 1.00 e. The zero-order valence-electron chi connectivity index (χ0n) is 9.86. The number of halogens is 4. The highest BCUT2D eigenvalue weighted by Crippen LogP contribution is 2.33. The van der Waals surface area contributed by atoms with Gasteiger partial charge in [0, 0.05) is 0 Å². The van der Waals surface area contributed by atoms with Crippen LogP contribution in [-0.2, 0) is 0 Å². The first kappa shape index (κ1) is 19.0. The van der Waals surface area contributed by atoms with Crippen LogP contribution < -0.4 is 17.0 Å². The molecule has 15 heavy (non-hydrogen) atoms. The minimum absolute atomic E-state index is 0. The van der Waals surface area contributed by atoms with E-state index in [4.69, 9.17) is 11.6 Å². The Hall–Kier alpha value is 1.69. The lowest BCUT2D eigenvalue weighted by Crippen LogP contribution is -3.00. The molecule has 0 N–H and O–H groups in total. The first-order chi connectivity index (χ1) is 6.19. The van der Waals surface area contributed by atoms with E-state index in [2.05, 4.69) is 52.9 Å². The van der Waals surface area contributed by atoms with Crippen molar-refractivity contribution in [3.05, 3.63) is 0 Å². The molecule has 1 nitrogen and oxygen atoms in total. The Bertz CT molecular complexity index is 169. The molecule has 0 aromatic heterocycles. The molecule has 0 spiro atoms. The van der Waals surface area contributed by atoms with E-state index in [1.807, 2.05) is 6.92 Å². The molecule has 0 saturated heterocycles. The second kappa shape index (κ2) is 7.91. The SMILES string of the molecule is CCCC[N+](C)(C)CC(Br)C(C)(Cl)Br.[Br-]. The van der Waals surface area contributed by atoms with Crippen LogP contribution in [0.25, 0.3) is 0 Å². The monoisotopic (exact) mass is 427 g/mol. The van der Waals surface area contributed by atoms with Gasteiger partial charge >= 0.3 is 0 Å². The molecule has 94 valence electrons. The van der Waals surface area contributed by atoms with Crippen molar-refractivity contribution in [2.24, 2.45) is 0 Å². The Balaban J connectivity index is 0. The number of unbranched alkanes of at least 4 members (excludes halogenated alkanes) is 1. The van der Waals surface area contributed by atoms with Gasteiger partial charge in [-0.1, -0.05) is 45.2 Å². The molecule has 0 aromatic rings. The molecular weight excluding hydrogens is 409 g/mol. The second-order valence-electron chi connectivity index (χ2n) is 4.62. The fourth-order valence-electron chi connectivity index (χ4n) is 1.27. The molecule has 0 aliphatic rings. The summed E-state index contributed by atoms with van der Waals surface area (Å²) in [5, 5.41) is 0. The van der Waals surface area contributed by atoms with E-state index < -0.39 is 0 Å². The van der Waals surface area contributed by atoms with Crippen LogP contribution in [0.15, 0.2) is 0 Å². The summed E-state index contributed by atoms with van der Waals surface area (Å²) in [4.78, 5) is 0.281. The first-order valence-electron chi connectivity index (χ1n) is 5.03. The van der Waals surface area contributed by atoms with E-state index >= 15 is 0 Å². The van der Waals surface area contributed by atoms with Crippen LogP contribution in [0.3, 0.4) is 0 Å². The van der Waals surface area contributed by atoms with E-state index in [9.17, 15) is 0 Å². The van der Waals surface area contributed by atoms with Crippen LogP contribution in [-0.4, -0.2) is 40.3 Å². The topological polar surface area (TPSA) is 0 Å². The Labute approximate surface area is 127 Å². The third-order valence-corrected chi connectivity index (χ3v) is 5.22. The molecule has 0 aromatic carbocycles. The highest BCUT2D eigenvalue weighted by atomic mass is 79.9. The van der Waals surface area contributed by atoms with E-state index in [0.29, 0.717) is 0 Å². The maximum absolute atomic E-state index is 6.18. The van der Waals surface area contributed by atoms with Crippen LogP contribution >= 0.6 is 43.5 Å². The zero-order valence-corrected chi connectivity index (χ0v) is 15.4. The van der Waals surface area contributed by atoms with Crippen molar-refractivity contribution in [2.75, 3.05) is 27.2 Å². The van der Waals surface area contributed by atoms with Crippen molar-refractivity contribution < 1.29 is 21.5 Å². The molecular formula is C10H21Br3ClN. The summed E-state index contributed by atoms with van der Waals surface area (Å²) in [5.41, 5.74) is 0. The van der Waals surface area contributed by atoms with Gasteiger partial charge in [0.2, 0.25) is 0 Å². The third kappa shape index (κ3) is 9.40.